The SMILES string of the molecule is Cc1ccc(-n2c(-c3ccccc3)cc3c2cc(-c2ccccc2)n3-c2ccc(C)cc2)cc1. The molecule has 0 amide bonds. The normalized spacial score (nSPS) is 11.2. The molecule has 0 bridgehead atoms. The first-order chi connectivity index (χ1) is 16.7. The van der Waals surface area contributed by atoms with Crippen LogP contribution in [0.1, 0.15) is 11.1 Å². The summed E-state index contributed by atoms with van der Waals surface area (Å²) in [6.07, 6.45) is 0. The average Bonchev–Trinajstić information content (AvgIpc) is 3.43. The van der Waals surface area contributed by atoms with Gasteiger partial charge in [0.05, 0.1) is 22.4 Å². The Bertz CT molecular complexity index is 1440. The van der Waals surface area contributed by atoms with Crippen molar-refractivity contribution in [3.05, 3.63) is 132 Å². The highest BCUT2D eigenvalue weighted by Gasteiger charge is 2.20. The molecular formula is C32H26N2. The minimum absolute atomic E-state index is 1.17. The van der Waals surface area contributed by atoms with Crippen LogP contribution in [0.15, 0.2) is 121 Å². The highest BCUT2D eigenvalue weighted by molar-refractivity contribution is 5.93. The molecule has 2 heteroatoms. The predicted octanol–water partition coefficient (Wildman–Crippen LogP) is 8.37. The van der Waals surface area contributed by atoms with Crippen molar-refractivity contribution < 1.29 is 0 Å². The number of aromatic nitrogens is 2. The van der Waals surface area contributed by atoms with E-state index in [1.54, 1.807) is 0 Å². The van der Waals surface area contributed by atoms with Crippen molar-refractivity contribution in [3.8, 4) is 33.9 Å². The van der Waals surface area contributed by atoms with Crippen LogP contribution in [0.4, 0.5) is 0 Å². The first-order valence-corrected chi connectivity index (χ1v) is 11.7. The van der Waals surface area contributed by atoms with E-state index in [9.17, 15) is 0 Å². The van der Waals surface area contributed by atoms with E-state index in [1.165, 1.54) is 56.0 Å². The first-order valence-electron chi connectivity index (χ1n) is 11.7. The lowest BCUT2D eigenvalue weighted by molar-refractivity contribution is 1.13. The summed E-state index contributed by atoms with van der Waals surface area (Å²) in [5.74, 6) is 0. The van der Waals surface area contributed by atoms with Gasteiger partial charge in [0.25, 0.3) is 0 Å². The third kappa shape index (κ3) is 3.45. The van der Waals surface area contributed by atoms with Crippen LogP contribution in [0.25, 0.3) is 44.9 Å². The lowest BCUT2D eigenvalue weighted by Gasteiger charge is -2.12. The van der Waals surface area contributed by atoms with Crippen molar-refractivity contribution in [2.45, 2.75) is 13.8 Å². The second kappa shape index (κ2) is 8.24. The summed E-state index contributed by atoms with van der Waals surface area (Å²) < 4.78 is 4.78. The lowest BCUT2D eigenvalue weighted by Crippen LogP contribution is -1.96. The number of hydrogen-bond donors (Lipinski definition) is 0. The minimum Gasteiger partial charge on any atom is -0.308 e. The van der Waals surface area contributed by atoms with Gasteiger partial charge in [0.2, 0.25) is 0 Å². The molecule has 164 valence electrons. The number of hydrogen-bond acceptors (Lipinski definition) is 0. The zero-order valence-electron chi connectivity index (χ0n) is 19.4. The maximum Gasteiger partial charge on any atom is 0.0724 e. The summed E-state index contributed by atoms with van der Waals surface area (Å²) in [6, 6.07) is 43.6. The fourth-order valence-electron chi connectivity index (χ4n) is 4.74. The predicted molar refractivity (Wildman–Crippen MR) is 143 cm³/mol. The van der Waals surface area contributed by atoms with Gasteiger partial charge in [-0.05, 0) is 61.4 Å². The van der Waals surface area contributed by atoms with Gasteiger partial charge in [0.15, 0.2) is 0 Å². The third-order valence-electron chi connectivity index (χ3n) is 6.50. The summed E-state index contributed by atoms with van der Waals surface area (Å²) in [7, 11) is 0. The van der Waals surface area contributed by atoms with Gasteiger partial charge in [-0.25, -0.2) is 0 Å². The van der Waals surface area contributed by atoms with E-state index in [0.717, 1.165) is 0 Å². The van der Waals surface area contributed by atoms with Gasteiger partial charge in [-0.2, -0.15) is 0 Å². The molecule has 0 aliphatic heterocycles. The van der Waals surface area contributed by atoms with Crippen LogP contribution in [0.2, 0.25) is 0 Å². The molecular weight excluding hydrogens is 412 g/mol. The highest BCUT2D eigenvalue weighted by Crippen LogP contribution is 2.38. The summed E-state index contributed by atoms with van der Waals surface area (Å²) in [4.78, 5) is 0. The average molecular weight is 439 g/mol. The van der Waals surface area contributed by atoms with Crippen molar-refractivity contribution in [3.63, 3.8) is 0 Å². The smallest absolute Gasteiger partial charge is 0.0724 e. The number of fused-ring (bicyclic) bond motifs is 1. The summed E-state index contributed by atoms with van der Waals surface area (Å²) >= 11 is 0. The van der Waals surface area contributed by atoms with Crippen LogP contribution >= 0.6 is 0 Å². The molecule has 0 saturated heterocycles. The fourth-order valence-corrected chi connectivity index (χ4v) is 4.74. The molecule has 34 heavy (non-hydrogen) atoms. The standard InChI is InChI=1S/C32H26N2/c1-23-13-17-27(18-14-23)33-29(25-9-5-3-6-10-25)21-32-31(33)22-30(26-11-7-4-8-12-26)34(32)28-19-15-24(2)16-20-28/h3-22H,1-2H3. The first kappa shape index (κ1) is 20.3. The Hall–Kier alpha value is -4.30. The number of rotatable bonds is 4. The van der Waals surface area contributed by atoms with E-state index in [0.29, 0.717) is 0 Å². The van der Waals surface area contributed by atoms with Gasteiger partial charge in [0.1, 0.15) is 0 Å². The molecule has 0 spiro atoms. The molecule has 4 aromatic carbocycles. The second-order valence-corrected chi connectivity index (χ2v) is 8.90. The molecule has 0 saturated carbocycles. The molecule has 0 atom stereocenters. The van der Waals surface area contributed by atoms with E-state index < -0.39 is 0 Å². The second-order valence-electron chi connectivity index (χ2n) is 8.90. The Morgan fingerprint density at radius 1 is 0.412 bits per heavy atom. The van der Waals surface area contributed by atoms with Gasteiger partial charge < -0.3 is 9.13 Å². The fraction of sp³-hybridized carbons (Fsp3) is 0.0625. The molecule has 0 unspecified atom stereocenters. The Balaban J connectivity index is 1.71. The van der Waals surface area contributed by atoms with Crippen LogP contribution in [-0.4, -0.2) is 9.13 Å². The van der Waals surface area contributed by atoms with Crippen molar-refractivity contribution in [2.24, 2.45) is 0 Å². The van der Waals surface area contributed by atoms with Crippen LogP contribution in [-0.2, 0) is 0 Å². The van der Waals surface area contributed by atoms with Crippen molar-refractivity contribution >= 4 is 11.0 Å². The molecule has 6 rings (SSSR count). The summed E-state index contributed by atoms with van der Waals surface area (Å²) in [5, 5.41) is 0. The molecule has 0 fully saturated rings. The van der Waals surface area contributed by atoms with Crippen LogP contribution in [0, 0.1) is 13.8 Å². The Labute approximate surface area is 200 Å². The van der Waals surface area contributed by atoms with Gasteiger partial charge >= 0.3 is 0 Å². The van der Waals surface area contributed by atoms with Crippen LogP contribution in [0.5, 0.6) is 0 Å². The van der Waals surface area contributed by atoms with Crippen molar-refractivity contribution in [1.29, 1.82) is 0 Å². The van der Waals surface area contributed by atoms with E-state index >= 15 is 0 Å². The van der Waals surface area contributed by atoms with E-state index in [-0.39, 0.29) is 0 Å². The summed E-state index contributed by atoms with van der Waals surface area (Å²) in [5.41, 5.74) is 12.0. The van der Waals surface area contributed by atoms with E-state index in [4.69, 9.17) is 0 Å². The van der Waals surface area contributed by atoms with Gasteiger partial charge in [-0.1, -0.05) is 96.1 Å². The van der Waals surface area contributed by atoms with Crippen LogP contribution < -0.4 is 0 Å². The molecule has 6 aromatic rings. The van der Waals surface area contributed by atoms with Crippen LogP contribution in [0.3, 0.4) is 0 Å². The Morgan fingerprint density at radius 2 is 0.765 bits per heavy atom. The van der Waals surface area contributed by atoms with Crippen molar-refractivity contribution in [2.75, 3.05) is 0 Å². The lowest BCUT2D eigenvalue weighted by atomic mass is 10.1. The monoisotopic (exact) mass is 438 g/mol. The van der Waals surface area contributed by atoms with Gasteiger partial charge in [0, 0.05) is 11.4 Å². The molecule has 2 nitrogen and oxygen atoms in total. The molecule has 2 aromatic heterocycles. The van der Waals surface area contributed by atoms with Crippen molar-refractivity contribution in [1.82, 2.24) is 9.13 Å². The zero-order valence-corrected chi connectivity index (χ0v) is 19.4. The van der Waals surface area contributed by atoms with E-state index in [2.05, 4.69) is 144 Å². The molecule has 0 radical (unpaired) electrons. The van der Waals surface area contributed by atoms with Gasteiger partial charge in [-0.15, -0.1) is 0 Å². The maximum atomic E-state index is 2.39. The van der Waals surface area contributed by atoms with E-state index in [1.807, 2.05) is 0 Å². The maximum absolute atomic E-state index is 2.39. The molecule has 0 aliphatic rings. The Morgan fingerprint density at radius 3 is 1.12 bits per heavy atom. The largest absolute Gasteiger partial charge is 0.308 e. The third-order valence-corrected chi connectivity index (χ3v) is 6.50. The molecule has 0 aliphatic carbocycles. The minimum atomic E-state index is 1.17. The summed E-state index contributed by atoms with van der Waals surface area (Å²) in [6.45, 7) is 4.27. The molecule has 2 heterocycles. The topological polar surface area (TPSA) is 9.86 Å². The van der Waals surface area contributed by atoms with Gasteiger partial charge in [-0.3, -0.25) is 0 Å². The number of aryl methyl sites for hydroxylation is 2. The Kier molecular flexibility index (Phi) is 4.92. The molecule has 0 N–H and O–H groups in total. The number of nitrogens with zero attached hydrogens (tertiary/aromatic N) is 2. The quantitative estimate of drug-likeness (QED) is 0.262. The zero-order chi connectivity index (χ0) is 23.1. The highest BCUT2D eigenvalue weighted by atomic mass is 15.1. The number of benzene rings is 4.